The van der Waals surface area contributed by atoms with Crippen LogP contribution < -0.4 is 10.6 Å². The molecular weight excluding hydrogens is 252 g/mol. The van der Waals surface area contributed by atoms with Gasteiger partial charge in [0.2, 0.25) is 5.91 Å². The molecule has 2 heterocycles. The van der Waals surface area contributed by atoms with Gasteiger partial charge in [-0.05, 0) is 19.8 Å². The summed E-state index contributed by atoms with van der Waals surface area (Å²) in [7, 11) is 0. The van der Waals surface area contributed by atoms with Gasteiger partial charge in [-0.25, -0.2) is 4.98 Å². The Bertz CT molecular complexity index is 476. The molecule has 0 saturated heterocycles. The van der Waals surface area contributed by atoms with E-state index in [1.165, 1.54) is 5.69 Å². The molecule has 0 aliphatic carbocycles. The zero-order valence-electron chi connectivity index (χ0n) is 13.0. The predicted molar refractivity (Wildman–Crippen MR) is 79.5 cm³/mol. The normalized spacial score (nSPS) is 14.7. The first kappa shape index (κ1) is 15.0. The van der Waals surface area contributed by atoms with Gasteiger partial charge in [0, 0.05) is 37.7 Å². The number of carbonyl (C=O) groups is 1. The van der Waals surface area contributed by atoms with Crippen LogP contribution in [0.25, 0.3) is 0 Å². The first-order valence-electron chi connectivity index (χ1n) is 7.54. The summed E-state index contributed by atoms with van der Waals surface area (Å²) < 4.78 is 2.13. The number of amides is 1. The first-order chi connectivity index (χ1) is 9.47. The molecule has 0 radical (unpaired) electrons. The van der Waals surface area contributed by atoms with E-state index in [-0.39, 0.29) is 11.9 Å². The van der Waals surface area contributed by atoms with E-state index in [2.05, 4.69) is 29.0 Å². The summed E-state index contributed by atoms with van der Waals surface area (Å²) in [5.41, 5.74) is 2.35. The molecule has 2 N–H and O–H groups in total. The number of rotatable bonds is 5. The Morgan fingerprint density at radius 1 is 1.40 bits per heavy atom. The molecule has 0 atom stereocenters. The second kappa shape index (κ2) is 6.39. The Balaban J connectivity index is 2.23. The minimum atomic E-state index is 0.0729. The van der Waals surface area contributed by atoms with Crippen molar-refractivity contribution in [3.8, 4) is 0 Å². The second-order valence-corrected chi connectivity index (χ2v) is 6.25. The Labute approximate surface area is 121 Å². The molecule has 1 aromatic rings. The molecule has 1 amide bonds. The lowest BCUT2D eigenvalue weighted by Crippen LogP contribution is -2.34. The van der Waals surface area contributed by atoms with Gasteiger partial charge in [0.05, 0.1) is 5.69 Å². The van der Waals surface area contributed by atoms with Crippen molar-refractivity contribution in [3.63, 3.8) is 0 Å². The van der Waals surface area contributed by atoms with Gasteiger partial charge in [-0.3, -0.25) is 4.79 Å². The Hall–Kier alpha value is -1.36. The van der Waals surface area contributed by atoms with E-state index in [9.17, 15) is 4.79 Å². The van der Waals surface area contributed by atoms with Gasteiger partial charge in [0.15, 0.2) is 0 Å². The number of nitrogens with zero attached hydrogens (tertiary/aromatic N) is 2. The van der Waals surface area contributed by atoms with Crippen molar-refractivity contribution < 1.29 is 4.79 Å². The molecule has 0 saturated carbocycles. The van der Waals surface area contributed by atoms with Crippen LogP contribution in [0.1, 0.15) is 44.9 Å². The second-order valence-electron chi connectivity index (χ2n) is 6.25. The van der Waals surface area contributed by atoms with E-state index < -0.39 is 0 Å². The number of nitrogens with one attached hydrogen (secondary N) is 2. The third-order valence-electron chi connectivity index (χ3n) is 3.41. The molecule has 0 bridgehead atoms. The summed E-state index contributed by atoms with van der Waals surface area (Å²) in [6.07, 6.45) is 1.87. The van der Waals surface area contributed by atoms with Crippen LogP contribution in [0.2, 0.25) is 0 Å². The van der Waals surface area contributed by atoms with Crippen LogP contribution in [-0.2, 0) is 30.7 Å². The monoisotopic (exact) mass is 278 g/mol. The van der Waals surface area contributed by atoms with Crippen molar-refractivity contribution in [1.82, 2.24) is 20.2 Å². The highest BCUT2D eigenvalue weighted by Gasteiger charge is 2.21. The highest BCUT2D eigenvalue weighted by Crippen LogP contribution is 2.18. The van der Waals surface area contributed by atoms with E-state index in [0.29, 0.717) is 12.5 Å². The molecule has 1 aliphatic rings. The van der Waals surface area contributed by atoms with E-state index in [0.717, 1.165) is 37.4 Å². The molecule has 1 aliphatic heterocycles. The fourth-order valence-electron chi connectivity index (χ4n) is 2.65. The van der Waals surface area contributed by atoms with E-state index in [4.69, 9.17) is 4.98 Å². The number of aromatic nitrogens is 2. The van der Waals surface area contributed by atoms with Crippen LogP contribution in [0, 0.1) is 5.92 Å². The molecule has 2 rings (SSSR count). The van der Waals surface area contributed by atoms with Gasteiger partial charge in [-0.2, -0.15) is 0 Å². The van der Waals surface area contributed by atoms with Crippen molar-refractivity contribution in [1.29, 1.82) is 0 Å². The fourth-order valence-corrected chi connectivity index (χ4v) is 2.65. The number of hydrogen-bond acceptors (Lipinski definition) is 3. The molecule has 20 heavy (non-hydrogen) atoms. The molecule has 5 heteroatoms. The van der Waals surface area contributed by atoms with Crippen LogP contribution >= 0.6 is 0 Å². The highest BCUT2D eigenvalue weighted by molar-refractivity contribution is 5.76. The molecule has 0 aromatic carbocycles. The molecule has 0 fully saturated rings. The van der Waals surface area contributed by atoms with E-state index >= 15 is 0 Å². The molecule has 5 nitrogen and oxygen atoms in total. The summed E-state index contributed by atoms with van der Waals surface area (Å²) in [5, 5.41) is 6.31. The molecule has 0 spiro atoms. The molecular formula is C15H26N4O. The van der Waals surface area contributed by atoms with Crippen LogP contribution in [0.5, 0.6) is 0 Å². The standard InChI is InChI=1S/C15H26N4O/c1-10(2)7-14-18-12-8-16-6-5-13(12)19(14)9-15(20)17-11(3)4/h10-11,16H,5-9H2,1-4H3,(H,17,20). The third kappa shape index (κ3) is 3.60. The summed E-state index contributed by atoms with van der Waals surface area (Å²) in [6, 6.07) is 0.178. The van der Waals surface area contributed by atoms with Crippen LogP contribution in [-0.4, -0.2) is 28.0 Å². The number of fused-ring (bicyclic) bond motifs is 1. The summed E-state index contributed by atoms with van der Waals surface area (Å²) in [5.74, 6) is 1.66. The highest BCUT2D eigenvalue weighted by atomic mass is 16.2. The summed E-state index contributed by atoms with van der Waals surface area (Å²) in [6.45, 7) is 10.5. The average Bonchev–Trinajstić information content (AvgIpc) is 2.66. The third-order valence-corrected chi connectivity index (χ3v) is 3.41. The summed E-state index contributed by atoms with van der Waals surface area (Å²) in [4.78, 5) is 16.8. The first-order valence-corrected chi connectivity index (χ1v) is 7.54. The maximum atomic E-state index is 12.1. The SMILES string of the molecule is CC(C)Cc1nc2c(n1CC(=O)NC(C)C)CCNC2. The molecule has 1 aromatic heterocycles. The largest absolute Gasteiger partial charge is 0.352 e. The van der Waals surface area contributed by atoms with Gasteiger partial charge in [0.25, 0.3) is 0 Å². The maximum absolute atomic E-state index is 12.1. The van der Waals surface area contributed by atoms with E-state index in [1.807, 2.05) is 13.8 Å². The van der Waals surface area contributed by atoms with Gasteiger partial charge in [0.1, 0.15) is 12.4 Å². The quantitative estimate of drug-likeness (QED) is 0.852. The lowest BCUT2D eigenvalue weighted by atomic mass is 10.1. The van der Waals surface area contributed by atoms with Gasteiger partial charge in [-0.15, -0.1) is 0 Å². The Morgan fingerprint density at radius 3 is 2.80 bits per heavy atom. The van der Waals surface area contributed by atoms with Crippen molar-refractivity contribution in [2.75, 3.05) is 6.54 Å². The Kier molecular flexibility index (Phi) is 4.81. The molecule has 112 valence electrons. The minimum absolute atomic E-state index is 0.0729. The van der Waals surface area contributed by atoms with Gasteiger partial charge >= 0.3 is 0 Å². The van der Waals surface area contributed by atoms with Gasteiger partial charge < -0.3 is 15.2 Å². The lowest BCUT2D eigenvalue weighted by Gasteiger charge is -2.17. The number of hydrogen-bond donors (Lipinski definition) is 2. The Morgan fingerprint density at radius 2 is 2.15 bits per heavy atom. The molecule has 0 unspecified atom stereocenters. The maximum Gasteiger partial charge on any atom is 0.240 e. The van der Waals surface area contributed by atoms with Crippen LogP contribution in [0.4, 0.5) is 0 Å². The van der Waals surface area contributed by atoms with Gasteiger partial charge in [-0.1, -0.05) is 13.8 Å². The minimum Gasteiger partial charge on any atom is -0.352 e. The zero-order chi connectivity index (χ0) is 14.7. The van der Waals surface area contributed by atoms with Crippen molar-refractivity contribution in [2.24, 2.45) is 5.92 Å². The lowest BCUT2D eigenvalue weighted by molar-refractivity contribution is -0.122. The smallest absolute Gasteiger partial charge is 0.240 e. The average molecular weight is 278 g/mol. The summed E-state index contributed by atoms with van der Waals surface area (Å²) >= 11 is 0. The van der Waals surface area contributed by atoms with Crippen molar-refractivity contribution >= 4 is 5.91 Å². The fraction of sp³-hybridized carbons (Fsp3) is 0.733. The number of carbonyl (C=O) groups excluding carboxylic acids is 1. The van der Waals surface area contributed by atoms with E-state index in [1.54, 1.807) is 0 Å². The number of imidazole rings is 1. The predicted octanol–water partition coefficient (Wildman–Crippen LogP) is 1.25. The van der Waals surface area contributed by atoms with Crippen LogP contribution in [0.15, 0.2) is 0 Å². The van der Waals surface area contributed by atoms with Crippen LogP contribution in [0.3, 0.4) is 0 Å². The van der Waals surface area contributed by atoms with Crippen molar-refractivity contribution in [3.05, 3.63) is 17.2 Å². The van der Waals surface area contributed by atoms with Crippen molar-refractivity contribution in [2.45, 2.75) is 59.7 Å². The topological polar surface area (TPSA) is 59.0 Å². The zero-order valence-corrected chi connectivity index (χ0v) is 13.0.